The first-order valence-electron chi connectivity index (χ1n) is 9.60. The second-order valence-electron chi connectivity index (χ2n) is 6.85. The summed E-state index contributed by atoms with van der Waals surface area (Å²) >= 11 is 0. The van der Waals surface area contributed by atoms with E-state index in [2.05, 4.69) is 20.0 Å². The average molecular weight is 446 g/mol. The van der Waals surface area contributed by atoms with E-state index in [9.17, 15) is 22.8 Å². The van der Waals surface area contributed by atoms with Gasteiger partial charge in [0.15, 0.2) is 15.2 Å². The minimum absolute atomic E-state index is 0.0287. The van der Waals surface area contributed by atoms with Crippen molar-refractivity contribution >= 4 is 33.4 Å². The van der Waals surface area contributed by atoms with Crippen molar-refractivity contribution in [3.63, 3.8) is 0 Å². The number of sulfone groups is 1. The molecule has 164 valence electrons. The lowest BCUT2D eigenvalue weighted by atomic mass is 10.2. The van der Waals surface area contributed by atoms with Crippen LogP contribution in [-0.2, 0) is 24.2 Å². The van der Waals surface area contributed by atoms with Gasteiger partial charge in [0.1, 0.15) is 17.3 Å². The first-order chi connectivity index (χ1) is 14.8. The highest BCUT2D eigenvalue weighted by Crippen LogP contribution is 2.35. The van der Waals surface area contributed by atoms with Gasteiger partial charge in [-0.1, -0.05) is 12.1 Å². The predicted molar refractivity (Wildman–Crippen MR) is 111 cm³/mol. The zero-order valence-electron chi connectivity index (χ0n) is 16.9. The summed E-state index contributed by atoms with van der Waals surface area (Å²) in [6.45, 7) is 0.321. The molecule has 11 heteroatoms. The van der Waals surface area contributed by atoms with Crippen LogP contribution in [0.25, 0.3) is 0 Å². The summed E-state index contributed by atoms with van der Waals surface area (Å²) < 4.78 is 29.9. The number of ether oxygens (including phenoxy) is 1. The van der Waals surface area contributed by atoms with Gasteiger partial charge in [-0.3, -0.25) is 19.3 Å². The molecule has 10 nitrogen and oxygen atoms in total. The molecule has 1 aliphatic heterocycles. The minimum Gasteiger partial charge on any atom is -0.469 e. The number of hydrogen-bond donors (Lipinski definition) is 1. The molecule has 2 aromatic heterocycles. The monoisotopic (exact) mass is 446 g/mol. The van der Waals surface area contributed by atoms with Gasteiger partial charge in [0.25, 0.3) is 5.91 Å². The highest BCUT2D eigenvalue weighted by atomic mass is 32.2. The summed E-state index contributed by atoms with van der Waals surface area (Å²) in [5, 5.41) is 1.33. The van der Waals surface area contributed by atoms with E-state index in [0.29, 0.717) is 19.4 Å². The van der Waals surface area contributed by atoms with E-state index in [1.165, 1.54) is 37.6 Å². The van der Waals surface area contributed by atoms with E-state index < -0.39 is 32.8 Å². The predicted octanol–water partition coefficient (Wildman–Crippen LogP) is 1.01. The Hall–Kier alpha value is -3.34. The Morgan fingerprint density at radius 3 is 2.71 bits per heavy atom. The van der Waals surface area contributed by atoms with Crippen LogP contribution < -0.4 is 10.2 Å². The van der Waals surface area contributed by atoms with E-state index in [4.69, 9.17) is 0 Å². The van der Waals surface area contributed by atoms with Crippen molar-refractivity contribution in [3.8, 4) is 0 Å². The quantitative estimate of drug-likeness (QED) is 0.469. The van der Waals surface area contributed by atoms with Crippen molar-refractivity contribution < 1.29 is 27.5 Å². The molecule has 31 heavy (non-hydrogen) atoms. The maximum absolute atomic E-state index is 12.7. The third kappa shape index (κ3) is 5.23. The van der Waals surface area contributed by atoms with Crippen molar-refractivity contribution in [1.29, 1.82) is 0 Å². The number of carbonyl (C=O) groups excluding carboxylic acids is 3. The standard InChI is InChI=1S/C20H22N4O6S/c1-30-18(26)10-3-5-12-22-19(27)14-7-6-8-15(23-14)20-24(16-9-2-4-11-21-16)17(25)13-31(20,28)29/h2,4,6-9,11,20H,3,5,10,12-13H2,1H3,(H,22,27). The number of aromatic nitrogens is 2. The Kier molecular flexibility index (Phi) is 6.95. The molecule has 1 saturated heterocycles. The molecule has 1 atom stereocenters. The first-order valence-corrected chi connectivity index (χ1v) is 11.3. The highest BCUT2D eigenvalue weighted by Gasteiger charge is 2.47. The minimum atomic E-state index is -3.87. The Morgan fingerprint density at radius 2 is 2.00 bits per heavy atom. The summed E-state index contributed by atoms with van der Waals surface area (Å²) in [7, 11) is -2.55. The molecule has 3 heterocycles. The van der Waals surface area contributed by atoms with Crippen molar-refractivity contribution in [3.05, 3.63) is 54.0 Å². The van der Waals surface area contributed by atoms with Gasteiger partial charge in [0.2, 0.25) is 5.91 Å². The fourth-order valence-corrected chi connectivity index (χ4v) is 4.86. The number of amides is 2. The zero-order chi connectivity index (χ0) is 22.4. The lowest BCUT2D eigenvalue weighted by molar-refractivity contribution is -0.140. The van der Waals surface area contributed by atoms with Crippen LogP contribution in [0.5, 0.6) is 0 Å². The fraction of sp³-hybridized carbons (Fsp3) is 0.350. The fourth-order valence-electron chi connectivity index (χ4n) is 3.18. The van der Waals surface area contributed by atoms with Crippen molar-refractivity contribution in [1.82, 2.24) is 15.3 Å². The van der Waals surface area contributed by atoms with Crippen LogP contribution in [0.3, 0.4) is 0 Å². The van der Waals surface area contributed by atoms with Crippen LogP contribution in [0.15, 0.2) is 42.6 Å². The molecule has 1 N–H and O–H groups in total. The van der Waals surface area contributed by atoms with Crippen LogP contribution in [0.2, 0.25) is 0 Å². The van der Waals surface area contributed by atoms with Gasteiger partial charge in [-0.25, -0.2) is 18.4 Å². The van der Waals surface area contributed by atoms with Gasteiger partial charge in [-0.15, -0.1) is 0 Å². The van der Waals surface area contributed by atoms with E-state index in [0.717, 1.165) is 4.90 Å². The molecule has 0 saturated carbocycles. The molecular formula is C20H22N4O6S. The lowest BCUT2D eigenvalue weighted by Gasteiger charge is -2.22. The molecule has 2 amide bonds. The van der Waals surface area contributed by atoms with Crippen LogP contribution in [0, 0.1) is 0 Å². The molecule has 0 spiro atoms. The molecule has 3 rings (SSSR count). The number of hydrogen-bond acceptors (Lipinski definition) is 8. The highest BCUT2D eigenvalue weighted by molar-refractivity contribution is 7.93. The summed E-state index contributed by atoms with van der Waals surface area (Å²) in [6.07, 6.45) is 2.85. The van der Waals surface area contributed by atoms with Crippen LogP contribution in [-0.4, -0.2) is 55.6 Å². The third-order valence-corrected chi connectivity index (χ3v) is 6.42. The maximum Gasteiger partial charge on any atom is 0.305 e. The Bertz CT molecular complexity index is 1070. The van der Waals surface area contributed by atoms with E-state index in [1.807, 2.05) is 0 Å². The third-order valence-electron chi connectivity index (χ3n) is 4.64. The second kappa shape index (κ2) is 9.65. The number of rotatable bonds is 8. The first kappa shape index (κ1) is 22.3. The molecule has 0 aromatic carbocycles. The van der Waals surface area contributed by atoms with Crippen LogP contribution >= 0.6 is 0 Å². The summed E-state index contributed by atoms with van der Waals surface area (Å²) in [5.74, 6) is -1.87. The van der Waals surface area contributed by atoms with Gasteiger partial charge in [0.05, 0.1) is 12.8 Å². The van der Waals surface area contributed by atoms with Crippen LogP contribution in [0.1, 0.15) is 40.8 Å². The van der Waals surface area contributed by atoms with E-state index in [-0.39, 0.29) is 29.6 Å². The Labute approximate surface area is 179 Å². The number of anilines is 1. The maximum atomic E-state index is 12.7. The summed E-state index contributed by atoms with van der Waals surface area (Å²) in [6, 6.07) is 9.28. The summed E-state index contributed by atoms with van der Waals surface area (Å²) in [4.78, 5) is 45.4. The number of unbranched alkanes of at least 4 members (excludes halogenated alkanes) is 1. The zero-order valence-corrected chi connectivity index (χ0v) is 17.7. The number of nitrogens with one attached hydrogen (secondary N) is 1. The number of pyridine rings is 2. The molecule has 0 radical (unpaired) electrons. The normalized spacial score (nSPS) is 17.4. The molecular weight excluding hydrogens is 424 g/mol. The number of esters is 1. The second-order valence-corrected chi connectivity index (χ2v) is 8.91. The Morgan fingerprint density at radius 1 is 1.19 bits per heavy atom. The van der Waals surface area contributed by atoms with Crippen molar-refractivity contribution in [2.45, 2.75) is 24.6 Å². The van der Waals surface area contributed by atoms with Crippen LogP contribution in [0.4, 0.5) is 5.82 Å². The molecule has 1 unspecified atom stereocenters. The van der Waals surface area contributed by atoms with Crippen molar-refractivity contribution in [2.24, 2.45) is 0 Å². The molecule has 1 fully saturated rings. The van der Waals surface area contributed by atoms with Gasteiger partial charge in [-0.05, 0) is 37.1 Å². The summed E-state index contributed by atoms with van der Waals surface area (Å²) in [5.41, 5.74) is 0.0934. The average Bonchev–Trinajstić information content (AvgIpc) is 3.01. The number of nitrogens with zero attached hydrogens (tertiary/aromatic N) is 3. The molecule has 2 aromatic rings. The van der Waals surface area contributed by atoms with Crippen molar-refractivity contribution in [2.75, 3.05) is 24.3 Å². The van der Waals surface area contributed by atoms with E-state index in [1.54, 1.807) is 12.1 Å². The molecule has 0 bridgehead atoms. The van der Waals surface area contributed by atoms with Gasteiger partial charge in [-0.2, -0.15) is 0 Å². The van der Waals surface area contributed by atoms with Gasteiger partial charge >= 0.3 is 5.97 Å². The molecule has 1 aliphatic rings. The van der Waals surface area contributed by atoms with Gasteiger partial charge < -0.3 is 10.1 Å². The van der Waals surface area contributed by atoms with E-state index >= 15 is 0 Å². The van der Waals surface area contributed by atoms with Gasteiger partial charge in [0, 0.05) is 19.2 Å². The Balaban J connectivity index is 1.75. The number of carbonyl (C=O) groups is 3. The SMILES string of the molecule is COC(=O)CCCCNC(=O)c1cccc(C2N(c3ccccn3)C(=O)CS2(=O)=O)n1. The smallest absolute Gasteiger partial charge is 0.305 e. The topological polar surface area (TPSA) is 136 Å². The largest absolute Gasteiger partial charge is 0.469 e. The number of methoxy groups -OCH3 is 1. The lowest BCUT2D eigenvalue weighted by Crippen LogP contribution is -2.31. The molecule has 0 aliphatic carbocycles.